The van der Waals surface area contributed by atoms with Gasteiger partial charge in [0, 0.05) is 6.54 Å². The number of aliphatic hydroxyl groups excluding tert-OH is 1. The molecule has 4 unspecified atom stereocenters. The Bertz CT molecular complexity index is 614. The summed E-state index contributed by atoms with van der Waals surface area (Å²) in [7, 11) is 0. The topological polar surface area (TPSA) is 188 Å². The monoisotopic (exact) mass is 429 g/mol. The number of carbonyl (C=O) groups excluding carboxylic acids is 3. The second-order valence-electron chi connectivity index (χ2n) is 7.89. The van der Waals surface area contributed by atoms with Crippen molar-refractivity contribution in [2.45, 2.75) is 70.1 Å². The van der Waals surface area contributed by atoms with Crippen LogP contribution >= 0.6 is 0 Å². The molecule has 0 aromatic rings. The maximum absolute atomic E-state index is 12.9. The lowest BCUT2D eigenvalue weighted by atomic mass is 10.0. The fourth-order valence-corrected chi connectivity index (χ4v) is 3.28. The summed E-state index contributed by atoms with van der Waals surface area (Å²) >= 11 is 0. The van der Waals surface area contributed by atoms with Crippen LogP contribution in [0.4, 0.5) is 0 Å². The van der Waals surface area contributed by atoms with Crippen LogP contribution in [-0.2, 0) is 19.2 Å². The van der Waals surface area contributed by atoms with Crippen LogP contribution in [0.25, 0.3) is 0 Å². The zero-order chi connectivity index (χ0) is 22.8. The third kappa shape index (κ3) is 7.22. The van der Waals surface area contributed by atoms with E-state index in [0.717, 1.165) is 0 Å². The molecule has 1 rings (SSSR count). The van der Waals surface area contributed by atoms with E-state index in [9.17, 15) is 29.4 Å². The molecule has 1 heterocycles. The Kier molecular flexibility index (Phi) is 10.7. The van der Waals surface area contributed by atoms with E-state index in [1.807, 2.05) is 0 Å². The van der Waals surface area contributed by atoms with E-state index < -0.39 is 54.5 Å². The smallest absolute Gasteiger partial charge is 0.326 e. The predicted molar refractivity (Wildman–Crippen MR) is 109 cm³/mol. The number of hydrogen-bond acceptors (Lipinski definition) is 7. The normalized spacial score (nSPS) is 19.3. The maximum Gasteiger partial charge on any atom is 0.326 e. The molecule has 30 heavy (non-hydrogen) atoms. The van der Waals surface area contributed by atoms with Crippen molar-refractivity contribution in [1.82, 2.24) is 15.5 Å². The summed E-state index contributed by atoms with van der Waals surface area (Å²) in [5.74, 6) is -3.04. The average Bonchev–Trinajstić information content (AvgIpc) is 3.19. The first-order valence-corrected chi connectivity index (χ1v) is 10.3. The highest BCUT2D eigenvalue weighted by Crippen LogP contribution is 2.19. The molecule has 0 radical (unpaired) electrons. The van der Waals surface area contributed by atoms with Crippen molar-refractivity contribution in [2.24, 2.45) is 17.4 Å². The van der Waals surface area contributed by atoms with Crippen LogP contribution in [0.15, 0.2) is 0 Å². The Morgan fingerprint density at radius 1 is 1.13 bits per heavy atom. The summed E-state index contributed by atoms with van der Waals surface area (Å²) in [4.78, 5) is 50.4. The lowest BCUT2D eigenvalue weighted by Gasteiger charge is -2.29. The van der Waals surface area contributed by atoms with Crippen molar-refractivity contribution in [1.29, 1.82) is 0 Å². The zero-order valence-electron chi connectivity index (χ0n) is 17.7. The standard InChI is InChI=1S/C19H35N5O6/c1-11(2)15(21)17(27)23-13(10-25)18(28)24-9-5-7-14(24)16(26)22-12(19(29)30)6-3-4-8-20/h11-15,25H,3-10,20-21H2,1-2H3,(H,22,26)(H,23,27)(H,29,30). The zero-order valence-corrected chi connectivity index (χ0v) is 17.7. The van der Waals surface area contributed by atoms with Crippen LogP contribution in [-0.4, -0.2) is 82.7 Å². The first-order chi connectivity index (χ1) is 14.1. The van der Waals surface area contributed by atoms with E-state index in [1.165, 1.54) is 4.90 Å². The number of amides is 3. The van der Waals surface area contributed by atoms with Crippen LogP contribution in [0.1, 0.15) is 46.0 Å². The molecule has 0 bridgehead atoms. The second-order valence-corrected chi connectivity index (χ2v) is 7.89. The van der Waals surface area contributed by atoms with Crippen LogP contribution in [0.3, 0.4) is 0 Å². The van der Waals surface area contributed by atoms with Gasteiger partial charge in [0.1, 0.15) is 18.1 Å². The summed E-state index contributed by atoms with van der Waals surface area (Å²) in [6, 6.07) is -4.00. The van der Waals surface area contributed by atoms with Gasteiger partial charge < -0.3 is 37.2 Å². The Hall–Kier alpha value is -2.24. The summed E-state index contributed by atoms with van der Waals surface area (Å²) in [5, 5.41) is 23.9. The van der Waals surface area contributed by atoms with Gasteiger partial charge in [-0.15, -0.1) is 0 Å². The van der Waals surface area contributed by atoms with E-state index in [-0.39, 0.29) is 18.9 Å². The van der Waals surface area contributed by atoms with Crippen molar-refractivity contribution in [3.8, 4) is 0 Å². The third-order valence-electron chi connectivity index (χ3n) is 5.22. The number of carbonyl (C=O) groups is 4. The molecule has 0 aromatic heterocycles. The number of unbranched alkanes of at least 4 members (excludes halogenated alkanes) is 1. The van der Waals surface area contributed by atoms with Gasteiger partial charge in [0.2, 0.25) is 17.7 Å². The first-order valence-electron chi connectivity index (χ1n) is 10.3. The molecule has 0 aromatic carbocycles. The maximum atomic E-state index is 12.9. The molecule has 1 aliphatic heterocycles. The number of aliphatic carboxylic acids is 1. The molecule has 0 aliphatic carbocycles. The number of carboxylic acid groups (broad SMARTS) is 1. The SMILES string of the molecule is CC(C)C(N)C(=O)NC(CO)C(=O)N1CCCC1C(=O)NC(CCCCN)C(=O)O. The van der Waals surface area contributed by atoms with Crippen molar-refractivity contribution in [3.05, 3.63) is 0 Å². The second kappa shape index (κ2) is 12.5. The number of carboxylic acids is 1. The van der Waals surface area contributed by atoms with Gasteiger partial charge in [-0.1, -0.05) is 13.8 Å². The van der Waals surface area contributed by atoms with Crippen molar-refractivity contribution >= 4 is 23.7 Å². The molecule has 1 saturated heterocycles. The van der Waals surface area contributed by atoms with E-state index in [4.69, 9.17) is 11.5 Å². The van der Waals surface area contributed by atoms with Gasteiger partial charge in [0.05, 0.1) is 12.6 Å². The Morgan fingerprint density at radius 3 is 2.33 bits per heavy atom. The van der Waals surface area contributed by atoms with E-state index >= 15 is 0 Å². The molecule has 0 saturated carbocycles. The minimum absolute atomic E-state index is 0.156. The molecule has 11 nitrogen and oxygen atoms in total. The molecule has 1 fully saturated rings. The Labute approximate surface area is 176 Å². The van der Waals surface area contributed by atoms with E-state index in [0.29, 0.717) is 32.2 Å². The highest BCUT2D eigenvalue weighted by molar-refractivity contribution is 5.94. The van der Waals surface area contributed by atoms with Gasteiger partial charge in [-0.05, 0) is 44.6 Å². The number of aliphatic hydroxyl groups is 1. The minimum atomic E-state index is -1.23. The Morgan fingerprint density at radius 2 is 1.80 bits per heavy atom. The first kappa shape index (κ1) is 25.8. The lowest BCUT2D eigenvalue weighted by molar-refractivity contribution is -0.145. The number of nitrogens with zero attached hydrogens (tertiary/aromatic N) is 1. The molecule has 172 valence electrons. The molecule has 4 atom stereocenters. The van der Waals surface area contributed by atoms with Gasteiger partial charge in [0.15, 0.2) is 0 Å². The number of rotatable bonds is 12. The number of likely N-dealkylation sites (tertiary alicyclic amines) is 1. The van der Waals surface area contributed by atoms with Gasteiger partial charge in [-0.25, -0.2) is 4.79 Å². The quantitative estimate of drug-likeness (QED) is 0.195. The van der Waals surface area contributed by atoms with Crippen molar-refractivity contribution in [3.63, 3.8) is 0 Å². The van der Waals surface area contributed by atoms with Gasteiger partial charge in [-0.2, -0.15) is 0 Å². The van der Waals surface area contributed by atoms with E-state index in [2.05, 4.69) is 10.6 Å². The Balaban J connectivity index is 2.80. The van der Waals surface area contributed by atoms with Crippen LogP contribution in [0.5, 0.6) is 0 Å². The van der Waals surface area contributed by atoms with Gasteiger partial charge >= 0.3 is 5.97 Å². The molecule has 3 amide bonds. The largest absolute Gasteiger partial charge is 0.480 e. The molecular formula is C19H35N5O6. The average molecular weight is 430 g/mol. The fourth-order valence-electron chi connectivity index (χ4n) is 3.28. The number of hydrogen-bond donors (Lipinski definition) is 6. The molecular weight excluding hydrogens is 394 g/mol. The molecule has 11 heteroatoms. The predicted octanol–water partition coefficient (Wildman–Crippen LogP) is -1.86. The minimum Gasteiger partial charge on any atom is -0.480 e. The fraction of sp³-hybridized carbons (Fsp3) is 0.789. The molecule has 8 N–H and O–H groups in total. The van der Waals surface area contributed by atoms with Crippen molar-refractivity contribution < 1.29 is 29.4 Å². The summed E-state index contributed by atoms with van der Waals surface area (Å²) in [6.07, 6.45) is 2.35. The number of nitrogens with two attached hydrogens (primary N) is 2. The van der Waals surface area contributed by atoms with Crippen LogP contribution < -0.4 is 22.1 Å². The van der Waals surface area contributed by atoms with Crippen LogP contribution in [0, 0.1) is 5.92 Å². The van der Waals surface area contributed by atoms with Crippen molar-refractivity contribution in [2.75, 3.05) is 19.7 Å². The summed E-state index contributed by atoms with van der Waals surface area (Å²) < 4.78 is 0. The van der Waals surface area contributed by atoms with Gasteiger partial charge in [-0.3, -0.25) is 14.4 Å². The van der Waals surface area contributed by atoms with Gasteiger partial charge in [0.25, 0.3) is 0 Å². The summed E-state index contributed by atoms with van der Waals surface area (Å²) in [6.45, 7) is 3.57. The molecule has 1 aliphatic rings. The third-order valence-corrected chi connectivity index (χ3v) is 5.22. The number of nitrogens with one attached hydrogen (secondary N) is 2. The van der Waals surface area contributed by atoms with Crippen LogP contribution in [0.2, 0.25) is 0 Å². The molecule has 0 spiro atoms. The highest BCUT2D eigenvalue weighted by atomic mass is 16.4. The van der Waals surface area contributed by atoms with E-state index in [1.54, 1.807) is 13.8 Å². The summed E-state index contributed by atoms with van der Waals surface area (Å²) in [5.41, 5.74) is 11.2. The highest BCUT2D eigenvalue weighted by Gasteiger charge is 2.39. The lowest BCUT2D eigenvalue weighted by Crippen LogP contribution is -2.58.